The Balaban J connectivity index is 2.25. The van der Waals surface area contributed by atoms with E-state index >= 15 is 0 Å². The van der Waals surface area contributed by atoms with E-state index in [9.17, 15) is 0 Å². The second-order valence-corrected chi connectivity index (χ2v) is 4.93. The van der Waals surface area contributed by atoms with Crippen LogP contribution in [0.1, 0.15) is 37.2 Å². The fourth-order valence-electron chi connectivity index (χ4n) is 2.32. The van der Waals surface area contributed by atoms with E-state index < -0.39 is 0 Å². The van der Waals surface area contributed by atoms with Crippen LogP contribution in [-0.2, 0) is 0 Å². The number of halogens is 1. The molecule has 0 amide bonds. The first-order chi connectivity index (χ1) is 6.79. The highest BCUT2D eigenvalue weighted by Gasteiger charge is 2.24. The van der Waals surface area contributed by atoms with Crippen molar-refractivity contribution in [2.75, 3.05) is 0 Å². The van der Waals surface area contributed by atoms with E-state index in [0.717, 1.165) is 0 Å². The van der Waals surface area contributed by atoms with Crippen LogP contribution in [0.5, 0.6) is 0 Å². The topological polar surface area (TPSA) is 26.0 Å². The van der Waals surface area contributed by atoms with Gasteiger partial charge in [-0.15, -0.1) is 0 Å². The lowest BCUT2D eigenvalue weighted by molar-refractivity contribution is 0.384. The van der Waals surface area contributed by atoms with Gasteiger partial charge in [0.15, 0.2) is 0 Å². The Morgan fingerprint density at radius 2 is 1.86 bits per heavy atom. The summed E-state index contributed by atoms with van der Waals surface area (Å²) in [5.74, 6) is 0.555. The molecular formula is C12H16BrN. The zero-order valence-electron chi connectivity index (χ0n) is 8.25. The second-order valence-electron chi connectivity index (χ2n) is 4.08. The third-order valence-corrected chi connectivity index (χ3v) is 3.85. The van der Waals surface area contributed by atoms with Gasteiger partial charge in [-0.25, -0.2) is 0 Å². The highest BCUT2D eigenvalue weighted by Crippen LogP contribution is 2.35. The second kappa shape index (κ2) is 4.45. The van der Waals surface area contributed by atoms with Crippen LogP contribution in [0.3, 0.4) is 0 Å². The van der Waals surface area contributed by atoms with Crippen LogP contribution in [0, 0.1) is 0 Å². The largest absolute Gasteiger partial charge is 0.327 e. The van der Waals surface area contributed by atoms with E-state index in [0.29, 0.717) is 12.0 Å². The van der Waals surface area contributed by atoms with Gasteiger partial charge in [0.25, 0.3) is 0 Å². The maximum Gasteiger partial charge on any atom is 0.0210 e. The minimum atomic E-state index is 0.349. The van der Waals surface area contributed by atoms with Gasteiger partial charge in [-0.2, -0.15) is 0 Å². The van der Waals surface area contributed by atoms with Gasteiger partial charge in [-0.05, 0) is 24.5 Å². The molecule has 1 aliphatic rings. The Labute approximate surface area is 93.8 Å². The zero-order chi connectivity index (χ0) is 9.97. The third-order valence-electron chi connectivity index (χ3n) is 3.12. The third kappa shape index (κ3) is 2.01. The van der Waals surface area contributed by atoms with E-state index in [-0.39, 0.29) is 0 Å². The lowest BCUT2D eigenvalue weighted by atomic mass is 9.80. The van der Waals surface area contributed by atoms with E-state index in [1.165, 1.54) is 35.7 Å². The van der Waals surface area contributed by atoms with Crippen molar-refractivity contribution in [2.24, 2.45) is 5.73 Å². The van der Waals surface area contributed by atoms with Crippen LogP contribution in [0.4, 0.5) is 0 Å². The Morgan fingerprint density at radius 1 is 1.14 bits per heavy atom. The molecule has 2 heteroatoms. The molecule has 0 radical (unpaired) electrons. The number of hydrogen-bond acceptors (Lipinski definition) is 1. The summed E-state index contributed by atoms with van der Waals surface area (Å²) in [5.41, 5.74) is 7.55. The molecule has 1 nitrogen and oxygen atoms in total. The number of nitrogens with two attached hydrogens (primary N) is 1. The summed E-state index contributed by atoms with van der Waals surface area (Å²) in [7, 11) is 0. The fraction of sp³-hybridized carbons (Fsp3) is 0.500. The van der Waals surface area contributed by atoms with Crippen molar-refractivity contribution in [3.8, 4) is 0 Å². The van der Waals surface area contributed by atoms with Crippen molar-refractivity contribution in [3.05, 3.63) is 34.3 Å². The van der Waals surface area contributed by atoms with Gasteiger partial charge >= 0.3 is 0 Å². The molecule has 76 valence electrons. The molecule has 2 N–H and O–H groups in total. The van der Waals surface area contributed by atoms with Gasteiger partial charge < -0.3 is 5.73 Å². The molecular weight excluding hydrogens is 238 g/mol. The molecule has 1 aliphatic carbocycles. The average molecular weight is 254 g/mol. The first-order valence-corrected chi connectivity index (χ1v) is 6.08. The Kier molecular flexibility index (Phi) is 3.24. The highest BCUT2D eigenvalue weighted by atomic mass is 79.9. The molecule has 0 aliphatic heterocycles. The fourth-order valence-corrected chi connectivity index (χ4v) is 2.90. The summed E-state index contributed by atoms with van der Waals surface area (Å²) >= 11 is 3.60. The predicted octanol–water partition coefficient (Wildman–Crippen LogP) is 3.43. The molecule has 0 aromatic heterocycles. The Bertz CT molecular complexity index is 311. The zero-order valence-corrected chi connectivity index (χ0v) is 9.83. The van der Waals surface area contributed by atoms with Crippen LogP contribution in [0.25, 0.3) is 0 Å². The molecule has 0 unspecified atom stereocenters. The maximum atomic E-state index is 6.16. The molecule has 1 saturated carbocycles. The van der Waals surface area contributed by atoms with Crippen molar-refractivity contribution in [1.29, 1.82) is 0 Å². The molecule has 2 rings (SSSR count). The SMILES string of the molecule is N[C@@H]1CCCC[C@@H]1c1ccccc1Br. The predicted molar refractivity (Wildman–Crippen MR) is 63.3 cm³/mol. The van der Waals surface area contributed by atoms with Crippen LogP contribution < -0.4 is 5.73 Å². The number of rotatable bonds is 1. The number of hydrogen-bond donors (Lipinski definition) is 1. The van der Waals surface area contributed by atoms with E-state index in [1.54, 1.807) is 0 Å². The van der Waals surface area contributed by atoms with Gasteiger partial charge in [0, 0.05) is 16.4 Å². The molecule has 0 spiro atoms. The minimum absolute atomic E-state index is 0.349. The van der Waals surface area contributed by atoms with E-state index in [2.05, 4.69) is 40.2 Å². The molecule has 0 bridgehead atoms. The lowest BCUT2D eigenvalue weighted by Crippen LogP contribution is -2.31. The van der Waals surface area contributed by atoms with Crippen LogP contribution in [0.2, 0.25) is 0 Å². The quantitative estimate of drug-likeness (QED) is 0.816. The maximum absolute atomic E-state index is 6.16. The molecule has 2 atom stereocenters. The molecule has 1 fully saturated rings. The summed E-state index contributed by atoms with van der Waals surface area (Å²) in [4.78, 5) is 0. The first kappa shape index (κ1) is 10.2. The van der Waals surface area contributed by atoms with Crippen molar-refractivity contribution < 1.29 is 0 Å². The number of benzene rings is 1. The van der Waals surface area contributed by atoms with Gasteiger partial charge in [0.1, 0.15) is 0 Å². The van der Waals surface area contributed by atoms with Gasteiger partial charge in [-0.1, -0.05) is 47.0 Å². The van der Waals surface area contributed by atoms with Gasteiger partial charge in [0.2, 0.25) is 0 Å². The van der Waals surface area contributed by atoms with E-state index in [4.69, 9.17) is 5.73 Å². The first-order valence-electron chi connectivity index (χ1n) is 5.29. The lowest BCUT2D eigenvalue weighted by Gasteiger charge is -2.29. The Hall–Kier alpha value is -0.340. The Morgan fingerprint density at radius 3 is 2.57 bits per heavy atom. The average Bonchev–Trinajstić information content (AvgIpc) is 2.20. The van der Waals surface area contributed by atoms with Gasteiger partial charge in [0.05, 0.1) is 0 Å². The minimum Gasteiger partial charge on any atom is -0.327 e. The van der Waals surface area contributed by atoms with Crippen molar-refractivity contribution in [3.63, 3.8) is 0 Å². The van der Waals surface area contributed by atoms with Gasteiger partial charge in [-0.3, -0.25) is 0 Å². The summed E-state index contributed by atoms with van der Waals surface area (Å²) in [6, 6.07) is 8.81. The summed E-state index contributed by atoms with van der Waals surface area (Å²) < 4.78 is 1.21. The van der Waals surface area contributed by atoms with Crippen LogP contribution in [-0.4, -0.2) is 6.04 Å². The van der Waals surface area contributed by atoms with Crippen LogP contribution >= 0.6 is 15.9 Å². The van der Waals surface area contributed by atoms with Crippen molar-refractivity contribution in [1.82, 2.24) is 0 Å². The molecule has 0 saturated heterocycles. The summed E-state index contributed by atoms with van der Waals surface area (Å²) in [5, 5.41) is 0. The smallest absolute Gasteiger partial charge is 0.0210 e. The highest BCUT2D eigenvalue weighted by molar-refractivity contribution is 9.10. The van der Waals surface area contributed by atoms with Crippen molar-refractivity contribution >= 4 is 15.9 Å². The summed E-state index contributed by atoms with van der Waals surface area (Å²) in [6.45, 7) is 0. The standard InChI is InChI=1S/C12H16BrN/c13-11-7-3-1-5-9(11)10-6-2-4-8-12(10)14/h1,3,5,7,10,12H,2,4,6,8,14H2/t10-,12-/m1/s1. The molecule has 14 heavy (non-hydrogen) atoms. The molecule has 1 aromatic rings. The van der Waals surface area contributed by atoms with E-state index in [1.807, 2.05) is 0 Å². The summed E-state index contributed by atoms with van der Waals surface area (Å²) in [6.07, 6.45) is 5.03. The normalized spacial score (nSPS) is 27.6. The van der Waals surface area contributed by atoms with Crippen LogP contribution in [0.15, 0.2) is 28.7 Å². The molecule has 1 aromatic carbocycles. The molecule has 0 heterocycles. The van der Waals surface area contributed by atoms with Crippen molar-refractivity contribution in [2.45, 2.75) is 37.6 Å². The monoisotopic (exact) mass is 253 g/mol.